The van der Waals surface area contributed by atoms with Gasteiger partial charge in [-0.3, -0.25) is 14.5 Å². The minimum absolute atomic E-state index is 0.0402. The molecule has 1 saturated carbocycles. The van der Waals surface area contributed by atoms with E-state index in [9.17, 15) is 14.0 Å². The highest BCUT2D eigenvalue weighted by Gasteiger charge is 2.37. The van der Waals surface area contributed by atoms with Crippen molar-refractivity contribution >= 4 is 17.5 Å². The average molecular weight is 508 g/mol. The summed E-state index contributed by atoms with van der Waals surface area (Å²) in [6, 6.07) is 14.6. The van der Waals surface area contributed by atoms with Gasteiger partial charge in [0.05, 0.1) is 13.0 Å². The Morgan fingerprint density at radius 1 is 0.973 bits per heavy atom. The van der Waals surface area contributed by atoms with Crippen LogP contribution >= 0.6 is 0 Å². The molecule has 198 valence electrons. The zero-order valence-electron chi connectivity index (χ0n) is 21.8. The smallest absolute Gasteiger partial charge is 0.226 e. The third-order valence-electron chi connectivity index (χ3n) is 8.07. The lowest BCUT2D eigenvalue weighted by molar-refractivity contribution is -0.133. The summed E-state index contributed by atoms with van der Waals surface area (Å²) in [5, 5.41) is 0. The van der Waals surface area contributed by atoms with Crippen LogP contribution in [0, 0.1) is 11.7 Å². The molecule has 1 aliphatic carbocycles. The van der Waals surface area contributed by atoms with E-state index in [2.05, 4.69) is 4.90 Å². The van der Waals surface area contributed by atoms with E-state index in [4.69, 9.17) is 4.74 Å². The van der Waals surface area contributed by atoms with Crippen LogP contribution in [0.15, 0.2) is 48.5 Å². The van der Waals surface area contributed by atoms with E-state index in [1.54, 1.807) is 19.1 Å². The topological polar surface area (TPSA) is 53.1 Å². The van der Waals surface area contributed by atoms with Gasteiger partial charge in [-0.1, -0.05) is 24.6 Å². The van der Waals surface area contributed by atoms with Crippen LogP contribution in [0.3, 0.4) is 0 Å². The molecule has 2 bridgehead atoms. The maximum Gasteiger partial charge on any atom is 0.226 e. The first-order chi connectivity index (χ1) is 18.0. The SMILES string of the molecule is CC(=O)N1CCC2CCCC(CN(C(=O)CCOc3ccc(F)cc3)Cc3ccccc31)N2CC1CC1. The molecule has 0 spiro atoms. The Labute approximate surface area is 219 Å². The maximum absolute atomic E-state index is 13.6. The Kier molecular flexibility index (Phi) is 8.08. The van der Waals surface area contributed by atoms with E-state index in [0.29, 0.717) is 37.5 Å². The Balaban J connectivity index is 1.39. The number of rotatable bonds is 6. The van der Waals surface area contributed by atoms with E-state index in [1.807, 2.05) is 34.1 Å². The van der Waals surface area contributed by atoms with Crippen molar-refractivity contribution in [2.24, 2.45) is 5.92 Å². The molecular weight excluding hydrogens is 469 g/mol. The molecule has 6 nitrogen and oxygen atoms in total. The lowest BCUT2D eigenvalue weighted by Crippen LogP contribution is -2.53. The quantitative estimate of drug-likeness (QED) is 0.552. The van der Waals surface area contributed by atoms with Gasteiger partial charge < -0.3 is 14.5 Å². The lowest BCUT2D eigenvalue weighted by atomic mass is 9.92. The van der Waals surface area contributed by atoms with Crippen LogP contribution in [0.4, 0.5) is 10.1 Å². The second-order valence-corrected chi connectivity index (χ2v) is 10.8. The molecule has 2 heterocycles. The zero-order valence-corrected chi connectivity index (χ0v) is 21.8. The van der Waals surface area contributed by atoms with Gasteiger partial charge in [0.1, 0.15) is 11.6 Å². The fourth-order valence-electron chi connectivity index (χ4n) is 5.92. The first-order valence-corrected chi connectivity index (χ1v) is 13.8. The van der Waals surface area contributed by atoms with Gasteiger partial charge in [-0.2, -0.15) is 0 Å². The second-order valence-electron chi connectivity index (χ2n) is 10.8. The number of anilines is 1. The summed E-state index contributed by atoms with van der Waals surface area (Å²) in [4.78, 5) is 32.9. The van der Waals surface area contributed by atoms with Crippen molar-refractivity contribution < 1.29 is 18.7 Å². The number of hydrogen-bond acceptors (Lipinski definition) is 4. The molecule has 7 heteroatoms. The van der Waals surface area contributed by atoms with Crippen molar-refractivity contribution in [1.29, 1.82) is 0 Å². The highest BCUT2D eigenvalue weighted by molar-refractivity contribution is 5.92. The lowest BCUT2D eigenvalue weighted by Gasteiger charge is -2.44. The Bertz CT molecular complexity index is 1090. The van der Waals surface area contributed by atoms with Gasteiger partial charge in [0.15, 0.2) is 0 Å². The molecule has 37 heavy (non-hydrogen) atoms. The van der Waals surface area contributed by atoms with Crippen molar-refractivity contribution in [3.05, 3.63) is 59.9 Å². The summed E-state index contributed by atoms with van der Waals surface area (Å²) in [7, 11) is 0. The number of hydrogen-bond donors (Lipinski definition) is 0. The van der Waals surface area contributed by atoms with Crippen molar-refractivity contribution in [3.63, 3.8) is 0 Å². The van der Waals surface area contributed by atoms with Gasteiger partial charge in [-0.25, -0.2) is 4.39 Å². The summed E-state index contributed by atoms with van der Waals surface area (Å²) in [6.45, 7) is 4.82. The standard InChI is InChI=1S/C30H38FN3O3/c1-22(35)33-17-15-26-6-4-7-27(34(26)19-23-9-10-23)21-32(20-24-5-2-3-8-29(24)33)30(36)16-18-37-28-13-11-25(31)12-14-28/h2-3,5,8,11-14,23,26-27H,4,6-7,9-10,15-21H2,1H3. The molecule has 2 aromatic rings. The summed E-state index contributed by atoms with van der Waals surface area (Å²) in [5.74, 6) is 1.09. The van der Waals surface area contributed by atoms with Crippen LogP contribution in [0.5, 0.6) is 5.75 Å². The Hall–Kier alpha value is -2.93. The molecule has 0 aromatic heterocycles. The number of piperidine rings is 1. The fraction of sp³-hybridized carbons (Fsp3) is 0.533. The predicted octanol–water partition coefficient (Wildman–Crippen LogP) is 5.01. The van der Waals surface area contributed by atoms with Crippen LogP contribution in [0.25, 0.3) is 0 Å². The fourth-order valence-corrected chi connectivity index (χ4v) is 5.92. The van der Waals surface area contributed by atoms with Crippen molar-refractivity contribution in [3.8, 4) is 5.75 Å². The number of benzene rings is 2. The molecule has 5 rings (SSSR count). The van der Waals surface area contributed by atoms with E-state index >= 15 is 0 Å². The normalized spacial score (nSPS) is 22.6. The minimum Gasteiger partial charge on any atom is -0.493 e. The van der Waals surface area contributed by atoms with Crippen LogP contribution in [-0.4, -0.2) is 59.9 Å². The largest absolute Gasteiger partial charge is 0.493 e. The van der Waals surface area contributed by atoms with Crippen molar-refractivity contribution in [2.45, 2.75) is 70.5 Å². The van der Waals surface area contributed by atoms with Crippen LogP contribution in [-0.2, 0) is 16.1 Å². The molecule has 2 aromatic carbocycles. The summed E-state index contributed by atoms with van der Waals surface area (Å²) < 4.78 is 19.0. The van der Waals surface area contributed by atoms with Gasteiger partial charge in [0, 0.05) is 50.9 Å². The summed E-state index contributed by atoms with van der Waals surface area (Å²) >= 11 is 0. The third-order valence-corrected chi connectivity index (χ3v) is 8.07. The van der Waals surface area contributed by atoms with E-state index in [-0.39, 0.29) is 30.7 Å². The van der Waals surface area contributed by atoms with Gasteiger partial charge in [-0.15, -0.1) is 0 Å². The number of fused-ring (bicyclic) bond motifs is 3. The first kappa shape index (κ1) is 25.7. The van der Waals surface area contributed by atoms with Crippen LogP contribution < -0.4 is 9.64 Å². The van der Waals surface area contributed by atoms with E-state index in [1.165, 1.54) is 25.0 Å². The molecule has 2 amide bonds. The highest BCUT2D eigenvalue weighted by Crippen LogP contribution is 2.36. The maximum atomic E-state index is 13.6. The summed E-state index contributed by atoms with van der Waals surface area (Å²) in [6.07, 6.45) is 7.19. The molecule has 2 fully saturated rings. The number of halogens is 1. The Morgan fingerprint density at radius 3 is 2.49 bits per heavy atom. The zero-order chi connectivity index (χ0) is 25.8. The number of para-hydroxylation sites is 1. The third kappa shape index (κ3) is 6.50. The average Bonchev–Trinajstić information content (AvgIpc) is 3.71. The summed E-state index contributed by atoms with van der Waals surface area (Å²) in [5.41, 5.74) is 1.90. The van der Waals surface area contributed by atoms with Gasteiger partial charge >= 0.3 is 0 Å². The monoisotopic (exact) mass is 507 g/mol. The molecule has 0 N–H and O–H groups in total. The Morgan fingerprint density at radius 2 is 1.73 bits per heavy atom. The van der Waals surface area contributed by atoms with Gasteiger partial charge in [0.2, 0.25) is 11.8 Å². The molecule has 0 radical (unpaired) electrons. The number of nitrogens with zero attached hydrogens (tertiary/aromatic N) is 3. The highest BCUT2D eigenvalue weighted by atomic mass is 19.1. The molecule has 2 atom stereocenters. The molecule has 2 unspecified atom stereocenters. The number of ether oxygens (including phenoxy) is 1. The van der Waals surface area contributed by atoms with Crippen LogP contribution in [0.2, 0.25) is 0 Å². The first-order valence-electron chi connectivity index (χ1n) is 13.8. The van der Waals surface area contributed by atoms with E-state index in [0.717, 1.165) is 49.4 Å². The molecule has 3 aliphatic rings. The minimum atomic E-state index is -0.313. The number of carbonyl (C=O) groups is 2. The van der Waals surface area contributed by atoms with Crippen molar-refractivity contribution in [2.75, 3.05) is 31.1 Å². The second kappa shape index (κ2) is 11.6. The van der Waals surface area contributed by atoms with Gasteiger partial charge in [0.25, 0.3) is 0 Å². The molecule has 1 saturated heterocycles. The van der Waals surface area contributed by atoms with E-state index < -0.39 is 0 Å². The predicted molar refractivity (Wildman–Crippen MR) is 142 cm³/mol. The molecular formula is C30H38FN3O3. The van der Waals surface area contributed by atoms with Gasteiger partial charge in [-0.05, 0) is 73.9 Å². The number of carbonyl (C=O) groups excluding carboxylic acids is 2. The molecule has 2 aliphatic heterocycles. The van der Waals surface area contributed by atoms with Crippen molar-refractivity contribution in [1.82, 2.24) is 9.80 Å². The van der Waals surface area contributed by atoms with Crippen LogP contribution in [0.1, 0.15) is 57.4 Å². The number of amides is 2.